The Kier molecular flexibility index (Phi) is 5.92. The van der Waals surface area contributed by atoms with Crippen molar-refractivity contribution in [3.05, 3.63) is 70.3 Å². The molecule has 0 amide bonds. The molecule has 1 nitrogen and oxygen atoms in total. The van der Waals surface area contributed by atoms with E-state index in [-0.39, 0.29) is 11.1 Å². The molecule has 4 heteroatoms. The summed E-state index contributed by atoms with van der Waals surface area (Å²) in [5.41, 5.74) is 2.05. The van der Waals surface area contributed by atoms with Crippen molar-refractivity contribution >= 4 is 17.4 Å². The van der Waals surface area contributed by atoms with Gasteiger partial charge in [0.1, 0.15) is 11.6 Å². The van der Waals surface area contributed by atoms with Crippen LogP contribution in [-0.4, -0.2) is 5.16 Å². The summed E-state index contributed by atoms with van der Waals surface area (Å²) in [6, 6.07) is 12.6. The Labute approximate surface area is 157 Å². The SMILES string of the molecule is Fc1cc(C#Cc2ccc(C3CCCC3)cc2)cc(F)c1C#CN=C=S. The van der Waals surface area contributed by atoms with Crippen molar-refractivity contribution in [2.45, 2.75) is 31.6 Å². The second kappa shape index (κ2) is 8.54. The van der Waals surface area contributed by atoms with Gasteiger partial charge in [-0.15, -0.1) is 4.99 Å². The molecule has 0 aliphatic heterocycles. The molecule has 1 saturated carbocycles. The van der Waals surface area contributed by atoms with Crippen LogP contribution in [0.4, 0.5) is 8.78 Å². The van der Waals surface area contributed by atoms with Crippen LogP contribution in [0.25, 0.3) is 0 Å². The summed E-state index contributed by atoms with van der Waals surface area (Å²) in [7, 11) is 0. The van der Waals surface area contributed by atoms with Gasteiger partial charge in [0, 0.05) is 11.1 Å². The number of rotatable bonds is 1. The molecule has 0 unspecified atom stereocenters. The third-order valence-electron chi connectivity index (χ3n) is 4.41. The zero-order valence-electron chi connectivity index (χ0n) is 14.0. The van der Waals surface area contributed by atoms with Crippen molar-refractivity contribution in [1.82, 2.24) is 0 Å². The maximum atomic E-state index is 14.0. The lowest BCUT2D eigenvalue weighted by molar-refractivity contribution is 0.577. The van der Waals surface area contributed by atoms with Crippen LogP contribution >= 0.6 is 12.2 Å². The van der Waals surface area contributed by atoms with E-state index in [4.69, 9.17) is 0 Å². The largest absolute Gasteiger partial charge is 0.205 e. The van der Waals surface area contributed by atoms with Gasteiger partial charge < -0.3 is 0 Å². The van der Waals surface area contributed by atoms with E-state index in [1.165, 1.54) is 31.2 Å². The lowest BCUT2D eigenvalue weighted by Crippen LogP contribution is -1.92. The minimum absolute atomic E-state index is 0.253. The van der Waals surface area contributed by atoms with Gasteiger partial charge in [-0.05, 0) is 66.7 Å². The number of isothiocyanates is 1. The third kappa shape index (κ3) is 4.44. The molecule has 0 aromatic heterocycles. The number of hydrogen-bond acceptors (Lipinski definition) is 2. The molecule has 0 spiro atoms. The molecule has 3 rings (SSSR count). The number of aliphatic imine (C=N–C) groups is 1. The molecule has 0 bridgehead atoms. The van der Waals surface area contributed by atoms with E-state index < -0.39 is 11.6 Å². The summed E-state index contributed by atoms with van der Waals surface area (Å²) in [5.74, 6) is 7.10. The van der Waals surface area contributed by atoms with Gasteiger partial charge >= 0.3 is 0 Å². The highest BCUT2D eigenvalue weighted by Crippen LogP contribution is 2.33. The van der Waals surface area contributed by atoms with Crippen LogP contribution in [0, 0.1) is 35.4 Å². The number of hydrogen-bond donors (Lipinski definition) is 0. The molecule has 0 saturated heterocycles. The predicted octanol–water partition coefficient (Wildman–Crippen LogP) is 5.43. The maximum Gasteiger partial charge on any atom is 0.143 e. The van der Waals surface area contributed by atoms with Crippen molar-refractivity contribution < 1.29 is 8.78 Å². The zero-order valence-corrected chi connectivity index (χ0v) is 14.8. The van der Waals surface area contributed by atoms with Crippen molar-refractivity contribution in [2.75, 3.05) is 0 Å². The second-order valence-corrected chi connectivity index (χ2v) is 6.29. The summed E-state index contributed by atoms with van der Waals surface area (Å²) < 4.78 is 28.0. The van der Waals surface area contributed by atoms with Gasteiger partial charge in [-0.25, -0.2) is 8.78 Å². The number of halogens is 2. The van der Waals surface area contributed by atoms with Gasteiger partial charge in [0.25, 0.3) is 0 Å². The van der Waals surface area contributed by atoms with Gasteiger partial charge in [0.05, 0.1) is 16.8 Å². The molecular weight excluding hydrogens is 348 g/mol. The molecule has 0 radical (unpaired) electrons. The fourth-order valence-corrected chi connectivity index (χ4v) is 3.16. The molecule has 0 heterocycles. The molecule has 26 heavy (non-hydrogen) atoms. The fourth-order valence-electron chi connectivity index (χ4n) is 3.11. The average molecular weight is 363 g/mol. The number of thiocarbonyl (C=S) groups is 1. The van der Waals surface area contributed by atoms with Crippen LogP contribution in [-0.2, 0) is 0 Å². The Hall–Kier alpha value is -2.78. The second-order valence-electron chi connectivity index (χ2n) is 6.11. The maximum absolute atomic E-state index is 14.0. The van der Waals surface area contributed by atoms with Crippen LogP contribution in [0.1, 0.15) is 53.9 Å². The number of benzene rings is 2. The normalized spacial score (nSPS) is 13.2. The van der Waals surface area contributed by atoms with Crippen LogP contribution in [0.5, 0.6) is 0 Å². The first kappa shape index (κ1) is 18.0. The Balaban J connectivity index is 1.79. The van der Waals surface area contributed by atoms with Gasteiger partial charge in [-0.3, -0.25) is 0 Å². The first-order valence-electron chi connectivity index (χ1n) is 8.36. The van der Waals surface area contributed by atoms with Gasteiger partial charge in [-0.1, -0.05) is 36.8 Å². The molecule has 2 aromatic carbocycles. The molecule has 128 valence electrons. The zero-order chi connectivity index (χ0) is 18.4. The quantitative estimate of drug-likeness (QED) is 0.374. The summed E-state index contributed by atoms with van der Waals surface area (Å²) in [6.07, 6.45) is 5.08. The molecule has 2 aromatic rings. The van der Waals surface area contributed by atoms with E-state index in [0.717, 1.165) is 17.7 Å². The summed E-state index contributed by atoms with van der Waals surface area (Å²) in [4.78, 5) is 3.33. The highest BCUT2D eigenvalue weighted by atomic mass is 32.1. The Morgan fingerprint density at radius 1 is 0.885 bits per heavy atom. The Morgan fingerprint density at radius 3 is 2.12 bits per heavy atom. The average Bonchev–Trinajstić information content (AvgIpc) is 3.17. The summed E-state index contributed by atoms with van der Waals surface area (Å²) >= 11 is 4.35. The molecule has 1 aliphatic rings. The van der Waals surface area contributed by atoms with Crippen LogP contribution in [0.3, 0.4) is 0 Å². The van der Waals surface area contributed by atoms with Crippen molar-refractivity contribution in [3.63, 3.8) is 0 Å². The van der Waals surface area contributed by atoms with Crippen molar-refractivity contribution in [1.29, 1.82) is 0 Å². The van der Waals surface area contributed by atoms with Gasteiger partial charge in [0.2, 0.25) is 0 Å². The lowest BCUT2D eigenvalue weighted by Gasteiger charge is -2.08. The molecule has 0 atom stereocenters. The van der Waals surface area contributed by atoms with E-state index in [1.54, 1.807) is 0 Å². The highest BCUT2D eigenvalue weighted by molar-refractivity contribution is 7.78. The highest BCUT2D eigenvalue weighted by Gasteiger charge is 2.16. The minimum Gasteiger partial charge on any atom is -0.205 e. The molecule has 1 fully saturated rings. The Bertz CT molecular complexity index is 952. The van der Waals surface area contributed by atoms with E-state index in [1.807, 2.05) is 17.3 Å². The minimum atomic E-state index is -0.780. The van der Waals surface area contributed by atoms with Crippen LogP contribution in [0.2, 0.25) is 0 Å². The van der Waals surface area contributed by atoms with E-state index in [2.05, 4.69) is 53.1 Å². The standard InChI is InChI=1S/C22H15F2NS/c23-21-13-17(14-22(24)20(21)11-12-25-15-26)6-5-16-7-9-19(10-8-16)18-3-1-2-4-18/h7-10,13-14,18H,1-4H2. The van der Waals surface area contributed by atoms with E-state index in [9.17, 15) is 8.78 Å². The van der Waals surface area contributed by atoms with Crippen molar-refractivity contribution in [2.24, 2.45) is 4.99 Å². The smallest absolute Gasteiger partial charge is 0.143 e. The fraction of sp³-hybridized carbons (Fsp3) is 0.227. The number of nitrogens with zero attached hydrogens (tertiary/aromatic N) is 1. The topological polar surface area (TPSA) is 12.4 Å². The van der Waals surface area contributed by atoms with E-state index >= 15 is 0 Å². The first-order valence-corrected chi connectivity index (χ1v) is 8.77. The van der Waals surface area contributed by atoms with Crippen LogP contribution < -0.4 is 0 Å². The predicted molar refractivity (Wildman–Crippen MR) is 102 cm³/mol. The van der Waals surface area contributed by atoms with Crippen LogP contribution in [0.15, 0.2) is 41.4 Å². The third-order valence-corrected chi connectivity index (χ3v) is 4.50. The lowest BCUT2D eigenvalue weighted by atomic mass is 9.97. The van der Waals surface area contributed by atoms with Gasteiger partial charge in [-0.2, -0.15) is 0 Å². The van der Waals surface area contributed by atoms with Gasteiger partial charge in [0.15, 0.2) is 0 Å². The summed E-state index contributed by atoms with van der Waals surface area (Å²) in [6.45, 7) is 0. The monoisotopic (exact) mass is 363 g/mol. The Morgan fingerprint density at radius 2 is 1.50 bits per heavy atom. The van der Waals surface area contributed by atoms with E-state index in [0.29, 0.717) is 5.92 Å². The molecule has 1 aliphatic carbocycles. The summed E-state index contributed by atoms with van der Waals surface area (Å²) in [5, 5.41) is 2.02. The van der Waals surface area contributed by atoms with Crippen molar-refractivity contribution in [3.8, 4) is 23.8 Å². The molecule has 0 N–H and O–H groups in total. The first-order chi connectivity index (χ1) is 12.7. The molecular formula is C22H15F2NS.